The molecule has 0 saturated heterocycles. The first kappa shape index (κ1) is 7.50. The second kappa shape index (κ2) is 4.65. The summed E-state index contributed by atoms with van der Waals surface area (Å²) >= 11 is 0. The smallest absolute Gasteiger partial charge is 0.0856 e. The van der Waals surface area contributed by atoms with E-state index in [0.717, 1.165) is 12.3 Å². The van der Waals surface area contributed by atoms with Crippen molar-refractivity contribution < 1.29 is 4.74 Å². The minimum atomic E-state index is 0.618. The molecule has 0 heterocycles. The number of hydrogen-bond acceptors (Lipinski definition) is 2. The molecule has 0 aliphatic heterocycles. The summed E-state index contributed by atoms with van der Waals surface area (Å²) in [4.78, 5) is 0. The van der Waals surface area contributed by atoms with Crippen LogP contribution in [0.25, 0.3) is 0 Å². The summed E-state index contributed by atoms with van der Waals surface area (Å²) in [5.74, 6) is 0. The molecule has 1 N–H and O–H groups in total. The molecule has 0 rings (SSSR count). The molecular weight excluding hydrogens is 102 g/mol. The van der Waals surface area contributed by atoms with Gasteiger partial charge in [-0.1, -0.05) is 6.58 Å². The maximum atomic E-state index is 5.02. The van der Waals surface area contributed by atoms with Crippen molar-refractivity contribution in [2.45, 2.75) is 6.92 Å². The van der Waals surface area contributed by atoms with Gasteiger partial charge in [0.25, 0.3) is 0 Å². The van der Waals surface area contributed by atoms with Gasteiger partial charge in [-0.2, -0.15) is 0 Å². The van der Waals surface area contributed by atoms with Crippen molar-refractivity contribution >= 4 is 0 Å². The SMILES string of the molecule is C=C(COCC)NC. The van der Waals surface area contributed by atoms with Crippen molar-refractivity contribution in [2.75, 3.05) is 20.3 Å². The van der Waals surface area contributed by atoms with Crippen LogP contribution in [0, 0.1) is 0 Å². The van der Waals surface area contributed by atoms with Crippen LogP contribution in [0.5, 0.6) is 0 Å². The van der Waals surface area contributed by atoms with Crippen LogP contribution in [0.4, 0.5) is 0 Å². The number of likely N-dealkylation sites (N-methyl/N-ethyl adjacent to an activating group) is 1. The van der Waals surface area contributed by atoms with Gasteiger partial charge in [0.15, 0.2) is 0 Å². The van der Waals surface area contributed by atoms with Gasteiger partial charge in [0.2, 0.25) is 0 Å². The molecule has 0 spiro atoms. The van der Waals surface area contributed by atoms with E-state index in [-0.39, 0.29) is 0 Å². The number of nitrogens with one attached hydrogen (secondary N) is 1. The zero-order valence-corrected chi connectivity index (χ0v) is 5.53. The van der Waals surface area contributed by atoms with Gasteiger partial charge in [-0.05, 0) is 6.92 Å². The Morgan fingerprint density at radius 3 is 2.75 bits per heavy atom. The normalized spacial score (nSPS) is 8.75. The first-order chi connectivity index (χ1) is 3.81. The van der Waals surface area contributed by atoms with Crippen LogP contribution in [0.3, 0.4) is 0 Å². The molecule has 0 aromatic rings. The van der Waals surface area contributed by atoms with Crippen LogP contribution < -0.4 is 5.32 Å². The highest BCUT2D eigenvalue weighted by Gasteiger charge is 1.84. The molecule has 0 saturated carbocycles. The van der Waals surface area contributed by atoms with Gasteiger partial charge in [-0.25, -0.2) is 0 Å². The van der Waals surface area contributed by atoms with E-state index in [1.165, 1.54) is 0 Å². The monoisotopic (exact) mass is 115 g/mol. The third-order valence-corrected chi connectivity index (χ3v) is 0.834. The van der Waals surface area contributed by atoms with Gasteiger partial charge in [0.1, 0.15) is 0 Å². The largest absolute Gasteiger partial charge is 0.390 e. The Hall–Kier alpha value is -0.500. The van der Waals surface area contributed by atoms with E-state index in [4.69, 9.17) is 4.74 Å². The molecule has 0 atom stereocenters. The summed E-state index contributed by atoms with van der Waals surface area (Å²) in [6.45, 7) is 7.00. The van der Waals surface area contributed by atoms with Crippen molar-refractivity contribution in [1.29, 1.82) is 0 Å². The van der Waals surface area contributed by atoms with Gasteiger partial charge >= 0.3 is 0 Å². The highest BCUT2D eigenvalue weighted by atomic mass is 16.5. The molecule has 0 aliphatic rings. The van der Waals surface area contributed by atoms with E-state index >= 15 is 0 Å². The molecule has 0 amide bonds. The first-order valence-electron chi connectivity index (χ1n) is 2.74. The third kappa shape index (κ3) is 3.68. The predicted molar refractivity (Wildman–Crippen MR) is 34.7 cm³/mol. The highest BCUT2D eigenvalue weighted by Crippen LogP contribution is 1.82. The van der Waals surface area contributed by atoms with Gasteiger partial charge in [-0.3, -0.25) is 0 Å². The molecule has 0 fully saturated rings. The van der Waals surface area contributed by atoms with Crippen LogP contribution in [-0.2, 0) is 4.74 Å². The lowest BCUT2D eigenvalue weighted by Gasteiger charge is -2.02. The van der Waals surface area contributed by atoms with Gasteiger partial charge in [0, 0.05) is 19.4 Å². The van der Waals surface area contributed by atoms with Gasteiger partial charge in [0.05, 0.1) is 6.61 Å². The number of hydrogen-bond donors (Lipinski definition) is 1. The van der Waals surface area contributed by atoms with Gasteiger partial charge in [-0.15, -0.1) is 0 Å². The third-order valence-electron chi connectivity index (χ3n) is 0.834. The molecule has 2 heteroatoms. The first-order valence-corrected chi connectivity index (χ1v) is 2.74. The lowest BCUT2D eigenvalue weighted by molar-refractivity contribution is 0.167. The zero-order chi connectivity index (χ0) is 6.41. The van der Waals surface area contributed by atoms with Crippen LogP contribution in [0.15, 0.2) is 12.3 Å². The maximum Gasteiger partial charge on any atom is 0.0856 e. The Morgan fingerprint density at radius 2 is 2.38 bits per heavy atom. The quantitative estimate of drug-likeness (QED) is 0.584. The predicted octanol–water partition coefficient (Wildman–Crippen LogP) is 0.756. The standard InChI is InChI=1S/C6H13NO/c1-4-8-5-6(2)7-3/h7H,2,4-5H2,1,3H3. The van der Waals surface area contributed by atoms with Crippen molar-refractivity contribution in [1.82, 2.24) is 5.32 Å². The minimum absolute atomic E-state index is 0.618. The van der Waals surface area contributed by atoms with Crippen molar-refractivity contribution in [3.63, 3.8) is 0 Å². The summed E-state index contributed by atoms with van der Waals surface area (Å²) in [6.07, 6.45) is 0. The summed E-state index contributed by atoms with van der Waals surface area (Å²) in [6, 6.07) is 0. The lowest BCUT2D eigenvalue weighted by Crippen LogP contribution is -2.10. The maximum absolute atomic E-state index is 5.02. The molecule has 0 aromatic heterocycles. The molecule has 0 aromatic carbocycles. The molecule has 48 valence electrons. The van der Waals surface area contributed by atoms with E-state index in [0.29, 0.717) is 6.61 Å². The average Bonchev–Trinajstić information content (AvgIpc) is 1.83. The van der Waals surface area contributed by atoms with E-state index < -0.39 is 0 Å². The fourth-order valence-corrected chi connectivity index (χ4v) is 0.297. The van der Waals surface area contributed by atoms with Crippen LogP contribution >= 0.6 is 0 Å². The summed E-state index contributed by atoms with van der Waals surface area (Å²) in [7, 11) is 1.83. The topological polar surface area (TPSA) is 21.3 Å². The molecule has 0 unspecified atom stereocenters. The van der Waals surface area contributed by atoms with E-state index in [1.54, 1.807) is 0 Å². The Kier molecular flexibility index (Phi) is 4.36. The Bertz CT molecular complexity index is 70.9. The summed E-state index contributed by atoms with van der Waals surface area (Å²) in [5, 5.41) is 2.88. The Labute approximate surface area is 50.5 Å². The minimum Gasteiger partial charge on any atom is -0.390 e. The van der Waals surface area contributed by atoms with Crippen LogP contribution in [0.2, 0.25) is 0 Å². The van der Waals surface area contributed by atoms with Crippen molar-refractivity contribution in [3.05, 3.63) is 12.3 Å². The number of rotatable bonds is 4. The molecular formula is C6H13NO. The average molecular weight is 115 g/mol. The highest BCUT2D eigenvalue weighted by molar-refractivity contribution is 4.88. The fourth-order valence-electron chi connectivity index (χ4n) is 0.297. The summed E-state index contributed by atoms with van der Waals surface area (Å²) in [5.41, 5.74) is 0.923. The number of ether oxygens (including phenoxy) is 1. The van der Waals surface area contributed by atoms with E-state index in [1.807, 2.05) is 14.0 Å². The molecule has 0 aliphatic carbocycles. The fraction of sp³-hybridized carbons (Fsp3) is 0.667. The molecule has 8 heavy (non-hydrogen) atoms. The second-order valence-corrected chi connectivity index (χ2v) is 1.49. The van der Waals surface area contributed by atoms with Crippen molar-refractivity contribution in [2.24, 2.45) is 0 Å². The molecule has 0 bridgehead atoms. The van der Waals surface area contributed by atoms with E-state index in [2.05, 4.69) is 11.9 Å². The second-order valence-electron chi connectivity index (χ2n) is 1.49. The summed E-state index contributed by atoms with van der Waals surface area (Å²) < 4.78 is 5.02. The van der Waals surface area contributed by atoms with Crippen LogP contribution in [-0.4, -0.2) is 20.3 Å². The van der Waals surface area contributed by atoms with Crippen LogP contribution in [0.1, 0.15) is 6.92 Å². The van der Waals surface area contributed by atoms with E-state index in [9.17, 15) is 0 Å². The molecule has 0 radical (unpaired) electrons. The lowest BCUT2D eigenvalue weighted by atomic mass is 10.5. The zero-order valence-electron chi connectivity index (χ0n) is 5.53. The Balaban J connectivity index is 2.99. The molecule has 2 nitrogen and oxygen atoms in total. The van der Waals surface area contributed by atoms with Crippen molar-refractivity contribution in [3.8, 4) is 0 Å². The Morgan fingerprint density at radius 1 is 1.75 bits per heavy atom. The van der Waals surface area contributed by atoms with Gasteiger partial charge < -0.3 is 10.1 Å².